The van der Waals surface area contributed by atoms with Crippen LogP contribution < -0.4 is 5.32 Å². The second kappa shape index (κ2) is 8.65. The highest BCUT2D eigenvalue weighted by Gasteiger charge is 2.23. The summed E-state index contributed by atoms with van der Waals surface area (Å²) < 4.78 is 13.9. The smallest absolute Gasteiger partial charge is 0.237 e. The molecule has 1 fully saturated rings. The van der Waals surface area contributed by atoms with E-state index in [2.05, 4.69) is 5.32 Å². The van der Waals surface area contributed by atoms with Crippen molar-refractivity contribution in [1.82, 2.24) is 10.2 Å². The van der Waals surface area contributed by atoms with E-state index in [1.807, 2.05) is 18.9 Å². The maximum absolute atomic E-state index is 13.9. The minimum Gasteiger partial charge on any atom is -0.352 e. The van der Waals surface area contributed by atoms with Gasteiger partial charge < -0.3 is 5.32 Å². The summed E-state index contributed by atoms with van der Waals surface area (Å²) in [4.78, 5) is 14.3. The average molecular weight is 341 g/mol. The molecule has 128 valence electrons. The van der Waals surface area contributed by atoms with Gasteiger partial charge in [0.05, 0.1) is 6.04 Å². The van der Waals surface area contributed by atoms with Gasteiger partial charge in [-0.15, -0.1) is 0 Å². The molecule has 1 N–H and O–H groups in total. The van der Waals surface area contributed by atoms with Crippen LogP contribution in [-0.2, 0) is 11.3 Å². The average Bonchev–Trinajstić information content (AvgIpc) is 2.78. The van der Waals surface area contributed by atoms with Crippen LogP contribution in [0.1, 0.15) is 51.0 Å². The van der Waals surface area contributed by atoms with Gasteiger partial charge in [0.25, 0.3) is 0 Å². The lowest BCUT2D eigenvalue weighted by molar-refractivity contribution is -0.126. The van der Waals surface area contributed by atoms with Gasteiger partial charge in [-0.05, 0) is 38.9 Å². The minimum atomic E-state index is -0.333. The van der Waals surface area contributed by atoms with Crippen molar-refractivity contribution in [2.24, 2.45) is 0 Å². The van der Waals surface area contributed by atoms with Gasteiger partial charge in [-0.25, -0.2) is 4.39 Å². The second-order valence-corrected chi connectivity index (χ2v) is 6.90. The number of carbonyl (C=O) groups is 1. The van der Waals surface area contributed by atoms with Crippen molar-refractivity contribution >= 4 is 17.5 Å². The Kier molecular flexibility index (Phi) is 6.85. The molecule has 1 aromatic carbocycles. The van der Waals surface area contributed by atoms with E-state index in [9.17, 15) is 9.18 Å². The molecule has 1 unspecified atom stereocenters. The van der Waals surface area contributed by atoms with Gasteiger partial charge in [0, 0.05) is 23.2 Å². The number of hydrogen-bond donors (Lipinski definition) is 1. The van der Waals surface area contributed by atoms with Crippen molar-refractivity contribution in [2.75, 3.05) is 7.05 Å². The Balaban J connectivity index is 1.93. The van der Waals surface area contributed by atoms with Crippen molar-refractivity contribution in [3.05, 3.63) is 34.6 Å². The Morgan fingerprint density at radius 2 is 2.00 bits per heavy atom. The normalized spacial score (nSPS) is 17.8. The van der Waals surface area contributed by atoms with Gasteiger partial charge in [0.1, 0.15) is 5.82 Å². The molecule has 1 aliphatic rings. The van der Waals surface area contributed by atoms with Crippen molar-refractivity contribution in [3.63, 3.8) is 0 Å². The summed E-state index contributed by atoms with van der Waals surface area (Å²) in [5.74, 6) is -0.326. The van der Waals surface area contributed by atoms with E-state index in [0.29, 0.717) is 17.1 Å². The molecule has 1 aromatic rings. The molecular formula is C18H26ClFN2O. The third-order valence-electron chi connectivity index (χ3n) is 4.71. The first-order valence-corrected chi connectivity index (χ1v) is 8.80. The fourth-order valence-electron chi connectivity index (χ4n) is 3.02. The molecule has 0 radical (unpaired) electrons. The van der Waals surface area contributed by atoms with Gasteiger partial charge in [-0.3, -0.25) is 9.69 Å². The number of nitrogens with zero attached hydrogens (tertiary/aromatic N) is 1. The molecule has 5 heteroatoms. The van der Waals surface area contributed by atoms with Crippen LogP contribution >= 0.6 is 11.6 Å². The second-order valence-electron chi connectivity index (χ2n) is 6.49. The van der Waals surface area contributed by atoms with Gasteiger partial charge in [-0.1, -0.05) is 43.4 Å². The number of hydrogen-bond acceptors (Lipinski definition) is 2. The number of carbonyl (C=O) groups excluding carboxylic acids is 1. The van der Waals surface area contributed by atoms with Crippen LogP contribution in [-0.4, -0.2) is 29.9 Å². The predicted octanol–water partition coefficient (Wildman–Crippen LogP) is 4.14. The van der Waals surface area contributed by atoms with E-state index in [0.717, 1.165) is 12.8 Å². The molecule has 23 heavy (non-hydrogen) atoms. The number of nitrogens with one attached hydrogen (secondary N) is 1. The van der Waals surface area contributed by atoms with Crippen LogP contribution in [0.15, 0.2) is 18.2 Å². The van der Waals surface area contributed by atoms with Crippen molar-refractivity contribution in [3.8, 4) is 0 Å². The van der Waals surface area contributed by atoms with E-state index in [-0.39, 0.29) is 23.8 Å². The van der Waals surface area contributed by atoms with Crippen LogP contribution in [0.5, 0.6) is 0 Å². The molecule has 0 saturated heterocycles. The molecule has 0 spiro atoms. The molecule has 1 atom stereocenters. The zero-order chi connectivity index (χ0) is 16.8. The van der Waals surface area contributed by atoms with Gasteiger partial charge in [-0.2, -0.15) is 0 Å². The quantitative estimate of drug-likeness (QED) is 0.817. The van der Waals surface area contributed by atoms with Gasteiger partial charge in [0.2, 0.25) is 5.91 Å². The Labute approximate surface area is 143 Å². The molecular weight excluding hydrogens is 315 g/mol. The van der Waals surface area contributed by atoms with E-state index in [1.54, 1.807) is 12.1 Å². The summed E-state index contributed by atoms with van der Waals surface area (Å²) in [6, 6.07) is 4.60. The molecule has 1 aliphatic carbocycles. The first kappa shape index (κ1) is 18.2. The topological polar surface area (TPSA) is 32.3 Å². The Morgan fingerprint density at radius 3 is 2.61 bits per heavy atom. The molecule has 0 heterocycles. The lowest BCUT2D eigenvalue weighted by Gasteiger charge is -2.26. The Morgan fingerprint density at radius 1 is 1.35 bits per heavy atom. The van der Waals surface area contributed by atoms with Crippen LogP contribution in [0.4, 0.5) is 4.39 Å². The van der Waals surface area contributed by atoms with Crippen molar-refractivity contribution in [1.29, 1.82) is 0 Å². The first-order valence-electron chi connectivity index (χ1n) is 8.42. The Hall–Kier alpha value is -1.13. The lowest BCUT2D eigenvalue weighted by Crippen LogP contribution is -2.46. The molecule has 2 rings (SSSR count). The lowest BCUT2D eigenvalue weighted by atomic mass is 10.1. The highest BCUT2D eigenvalue weighted by atomic mass is 35.5. The highest BCUT2D eigenvalue weighted by molar-refractivity contribution is 6.31. The number of halogens is 2. The summed E-state index contributed by atoms with van der Waals surface area (Å²) in [7, 11) is 1.82. The maximum Gasteiger partial charge on any atom is 0.237 e. The van der Waals surface area contributed by atoms with Crippen molar-refractivity contribution < 1.29 is 9.18 Å². The monoisotopic (exact) mass is 340 g/mol. The molecule has 1 amide bonds. The number of likely N-dealkylation sites (N-methyl/N-ethyl adjacent to an activating group) is 1. The molecule has 0 bridgehead atoms. The minimum absolute atomic E-state index is 0.00635. The third kappa shape index (κ3) is 5.18. The number of amides is 1. The third-order valence-corrected chi connectivity index (χ3v) is 5.07. The number of rotatable bonds is 5. The van der Waals surface area contributed by atoms with Crippen LogP contribution in [0, 0.1) is 5.82 Å². The fourth-order valence-corrected chi connectivity index (χ4v) is 3.24. The van der Waals surface area contributed by atoms with E-state index in [4.69, 9.17) is 11.6 Å². The highest BCUT2D eigenvalue weighted by Crippen LogP contribution is 2.21. The van der Waals surface area contributed by atoms with Crippen molar-refractivity contribution in [2.45, 2.75) is 64.1 Å². The van der Waals surface area contributed by atoms with E-state index >= 15 is 0 Å². The van der Waals surface area contributed by atoms with Gasteiger partial charge in [0.15, 0.2) is 0 Å². The Bertz CT molecular complexity index is 510. The SMILES string of the molecule is CC(C(=O)NC1CCCCCC1)N(C)Cc1c(F)cccc1Cl. The summed E-state index contributed by atoms with van der Waals surface area (Å²) in [5.41, 5.74) is 0.436. The summed E-state index contributed by atoms with van der Waals surface area (Å²) in [6.07, 6.45) is 6.99. The molecule has 1 saturated carbocycles. The fraction of sp³-hybridized carbons (Fsp3) is 0.611. The molecule has 0 aromatic heterocycles. The largest absolute Gasteiger partial charge is 0.352 e. The van der Waals surface area contributed by atoms with E-state index < -0.39 is 0 Å². The molecule has 3 nitrogen and oxygen atoms in total. The van der Waals surface area contributed by atoms with E-state index in [1.165, 1.54) is 31.7 Å². The number of benzene rings is 1. The standard InChI is InChI=1S/C18H26ClFN2O/c1-13(18(23)21-14-8-5-3-4-6-9-14)22(2)12-15-16(19)10-7-11-17(15)20/h7,10-11,13-14H,3-6,8-9,12H2,1-2H3,(H,21,23). The van der Waals surface area contributed by atoms with Crippen LogP contribution in [0.3, 0.4) is 0 Å². The first-order chi connectivity index (χ1) is 11.0. The zero-order valence-electron chi connectivity index (χ0n) is 13.9. The molecule has 0 aliphatic heterocycles. The predicted molar refractivity (Wildman–Crippen MR) is 92.0 cm³/mol. The summed E-state index contributed by atoms with van der Waals surface area (Å²) in [5, 5.41) is 3.54. The zero-order valence-corrected chi connectivity index (χ0v) is 14.7. The van der Waals surface area contributed by atoms with Crippen LogP contribution in [0.2, 0.25) is 5.02 Å². The van der Waals surface area contributed by atoms with Gasteiger partial charge >= 0.3 is 0 Å². The summed E-state index contributed by atoms with van der Waals surface area (Å²) >= 11 is 6.06. The maximum atomic E-state index is 13.9. The summed E-state index contributed by atoms with van der Waals surface area (Å²) in [6.45, 7) is 2.16. The van der Waals surface area contributed by atoms with Crippen LogP contribution in [0.25, 0.3) is 0 Å².